The molecule has 2 rings (SSSR count). The number of aliphatic hydroxyl groups is 1. The third-order valence-electron chi connectivity index (χ3n) is 2.66. The maximum Gasteiger partial charge on any atom is 0.170 e. The first-order valence-electron chi connectivity index (χ1n) is 5.57. The number of nitrogens with one attached hydrogen (secondary N) is 1. The molecule has 94 valence electrons. The third-order valence-corrected chi connectivity index (χ3v) is 2.66. The number of rotatable bonds is 4. The van der Waals surface area contributed by atoms with Crippen molar-refractivity contribution in [2.75, 3.05) is 33.9 Å². The van der Waals surface area contributed by atoms with Crippen LogP contribution in [0.4, 0.5) is 0 Å². The van der Waals surface area contributed by atoms with Gasteiger partial charge in [-0.2, -0.15) is 0 Å². The molecular weight excluding hydrogens is 222 g/mol. The number of benzene rings is 1. The summed E-state index contributed by atoms with van der Waals surface area (Å²) >= 11 is 0. The molecule has 5 heteroatoms. The van der Waals surface area contributed by atoms with Crippen molar-refractivity contribution in [2.24, 2.45) is 0 Å². The highest BCUT2D eigenvalue weighted by atomic mass is 16.6. The Hall–Kier alpha value is -1.46. The Morgan fingerprint density at radius 1 is 1.41 bits per heavy atom. The van der Waals surface area contributed by atoms with E-state index in [1.54, 1.807) is 26.3 Å². The van der Waals surface area contributed by atoms with Gasteiger partial charge in [0.25, 0.3) is 0 Å². The molecule has 2 N–H and O–H groups in total. The molecule has 5 nitrogen and oxygen atoms in total. The number of fused-ring (bicyclic) bond motifs is 1. The molecule has 1 aliphatic heterocycles. The molecule has 1 unspecified atom stereocenters. The number of methoxy groups -OCH3 is 1. The van der Waals surface area contributed by atoms with Crippen LogP contribution in [0.2, 0.25) is 0 Å². The Morgan fingerprint density at radius 2 is 2.18 bits per heavy atom. The zero-order valence-corrected chi connectivity index (χ0v) is 10.0. The van der Waals surface area contributed by atoms with Gasteiger partial charge in [0.15, 0.2) is 11.5 Å². The van der Waals surface area contributed by atoms with Crippen molar-refractivity contribution >= 4 is 0 Å². The van der Waals surface area contributed by atoms with Crippen molar-refractivity contribution in [3.05, 3.63) is 17.7 Å². The van der Waals surface area contributed by atoms with Crippen LogP contribution >= 0.6 is 0 Å². The molecule has 0 bridgehead atoms. The molecule has 0 spiro atoms. The van der Waals surface area contributed by atoms with Gasteiger partial charge in [0.1, 0.15) is 19.0 Å². The fraction of sp³-hybridized carbons (Fsp3) is 0.500. The largest absolute Gasteiger partial charge is 0.496 e. The molecule has 17 heavy (non-hydrogen) atoms. The van der Waals surface area contributed by atoms with E-state index < -0.39 is 6.10 Å². The minimum Gasteiger partial charge on any atom is -0.496 e. The number of likely N-dealkylation sites (N-methyl/N-ethyl adjacent to an activating group) is 1. The monoisotopic (exact) mass is 239 g/mol. The Balaban J connectivity index is 2.44. The summed E-state index contributed by atoms with van der Waals surface area (Å²) in [7, 11) is 3.35. The second kappa shape index (κ2) is 5.25. The summed E-state index contributed by atoms with van der Waals surface area (Å²) in [5.74, 6) is 1.84. The molecule has 0 amide bonds. The minimum absolute atomic E-state index is 0.427. The van der Waals surface area contributed by atoms with Gasteiger partial charge < -0.3 is 24.6 Å². The van der Waals surface area contributed by atoms with Crippen LogP contribution in [0.25, 0.3) is 0 Å². The topological polar surface area (TPSA) is 60.0 Å². The van der Waals surface area contributed by atoms with Crippen molar-refractivity contribution in [3.63, 3.8) is 0 Å². The predicted molar refractivity (Wildman–Crippen MR) is 62.9 cm³/mol. The van der Waals surface area contributed by atoms with E-state index in [1.165, 1.54) is 0 Å². The van der Waals surface area contributed by atoms with E-state index in [4.69, 9.17) is 14.2 Å². The molecule has 1 aromatic carbocycles. The number of aliphatic hydroxyl groups excluding tert-OH is 1. The zero-order valence-electron chi connectivity index (χ0n) is 10.0. The van der Waals surface area contributed by atoms with Crippen LogP contribution < -0.4 is 19.5 Å². The van der Waals surface area contributed by atoms with Gasteiger partial charge in [-0.05, 0) is 19.2 Å². The zero-order chi connectivity index (χ0) is 12.3. The smallest absolute Gasteiger partial charge is 0.170 e. The lowest BCUT2D eigenvalue weighted by Crippen LogP contribution is -2.21. The van der Waals surface area contributed by atoms with Crippen molar-refractivity contribution < 1.29 is 19.3 Å². The number of hydrogen-bond donors (Lipinski definition) is 2. The van der Waals surface area contributed by atoms with Gasteiger partial charge in [0.05, 0.1) is 18.8 Å². The minimum atomic E-state index is -0.688. The normalized spacial score (nSPS) is 15.5. The summed E-state index contributed by atoms with van der Waals surface area (Å²) in [4.78, 5) is 0. The van der Waals surface area contributed by atoms with E-state index in [0.29, 0.717) is 42.6 Å². The van der Waals surface area contributed by atoms with Gasteiger partial charge in [0, 0.05) is 6.54 Å². The van der Waals surface area contributed by atoms with E-state index in [2.05, 4.69) is 5.32 Å². The molecule has 1 atom stereocenters. The molecule has 1 aliphatic rings. The van der Waals surface area contributed by atoms with Crippen molar-refractivity contribution in [1.29, 1.82) is 0 Å². The summed E-state index contributed by atoms with van der Waals surface area (Å²) in [6.45, 7) is 1.44. The summed E-state index contributed by atoms with van der Waals surface area (Å²) in [6.07, 6.45) is -0.688. The first-order chi connectivity index (χ1) is 8.27. The highest BCUT2D eigenvalue weighted by Crippen LogP contribution is 2.42. The van der Waals surface area contributed by atoms with Gasteiger partial charge in [-0.15, -0.1) is 0 Å². The standard InChI is InChI=1S/C12H17NO4/c1-13-7-8(14)11-9(15-2)3-4-10-12(11)17-6-5-16-10/h3-4,8,13-14H,5-7H2,1-2H3. The van der Waals surface area contributed by atoms with E-state index in [-0.39, 0.29) is 0 Å². The first kappa shape index (κ1) is 12.0. The molecule has 0 radical (unpaired) electrons. The molecular formula is C12H17NO4. The maximum atomic E-state index is 10.1. The maximum absolute atomic E-state index is 10.1. The summed E-state index contributed by atoms with van der Waals surface area (Å²) in [6, 6.07) is 3.57. The van der Waals surface area contributed by atoms with Crippen molar-refractivity contribution in [3.8, 4) is 17.2 Å². The van der Waals surface area contributed by atoms with Crippen LogP contribution in [-0.2, 0) is 0 Å². The average molecular weight is 239 g/mol. The highest BCUT2D eigenvalue weighted by Gasteiger charge is 2.24. The number of hydrogen-bond acceptors (Lipinski definition) is 5. The number of ether oxygens (including phenoxy) is 3. The first-order valence-corrected chi connectivity index (χ1v) is 5.57. The Morgan fingerprint density at radius 3 is 2.88 bits per heavy atom. The van der Waals surface area contributed by atoms with Gasteiger partial charge in [0.2, 0.25) is 0 Å². The predicted octanol–water partition coefficient (Wildman–Crippen LogP) is 0.719. The van der Waals surface area contributed by atoms with E-state index in [9.17, 15) is 5.11 Å². The van der Waals surface area contributed by atoms with Crippen molar-refractivity contribution in [2.45, 2.75) is 6.10 Å². The Kier molecular flexibility index (Phi) is 3.71. The van der Waals surface area contributed by atoms with Crippen molar-refractivity contribution in [1.82, 2.24) is 5.32 Å². The summed E-state index contributed by atoms with van der Waals surface area (Å²) in [5.41, 5.74) is 0.638. The molecule has 1 heterocycles. The highest BCUT2D eigenvalue weighted by molar-refractivity contribution is 5.55. The summed E-state index contributed by atoms with van der Waals surface area (Å²) in [5, 5.41) is 13.0. The molecule has 0 aliphatic carbocycles. The third kappa shape index (κ3) is 2.30. The Bertz CT molecular complexity index is 394. The van der Waals surface area contributed by atoms with Crippen LogP contribution in [0.3, 0.4) is 0 Å². The lowest BCUT2D eigenvalue weighted by molar-refractivity contribution is 0.142. The fourth-order valence-electron chi connectivity index (χ4n) is 1.91. The van der Waals surface area contributed by atoms with Gasteiger partial charge in [-0.3, -0.25) is 0 Å². The summed E-state index contributed by atoms with van der Waals surface area (Å²) < 4.78 is 16.3. The molecule has 0 aromatic heterocycles. The second-order valence-corrected chi connectivity index (χ2v) is 3.78. The van der Waals surface area contributed by atoms with Crippen LogP contribution in [0.1, 0.15) is 11.7 Å². The van der Waals surface area contributed by atoms with Gasteiger partial charge in [-0.1, -0.05) is 0 Å². The SMILES string of the molecule is CNCC(O)c1c(OC)ccc2c1OCCO2. The fourth-order valence-corrected chi connectivity index (χ4v) is 1.91. The Labute approximate surface area is 100 Å². The average Bonchev–Trinajstić information content (AvgIpc) is 2.37. The van der Waals surface area contributed by atoms with E-state index >= 15 is 0 Å². The molecule has 1 aromatic rings. The van der Waals surface area contributed by atoms with Gasteiger partial charge >= 0.3 is 0 Å². The second-order valence-electron chi connectivity index (χ2n) is 3.78. The quantitative estimate of drug-likeness (QED) is 0.810. The van der Waals surface area contributed by atoms with Crippen LogP contribution in [-0.4, -0.2) is 39.0 Å². The van der Waals surface area contributed by atoms with Gasteiger partial charge in [-0.25, -0.2) is 0 Å². The molecule has 0 saturated carbocycles. The van der Waals surface area contributed by atoms with Crippen LogP contribution in [0, 0.1) is 0 Å². The van der Waals surface area contributed by atoms with Crippen LogP contribution in [0.15, 0.2) is 12.1 Å². The van der Waals surface area contributed by atoms with Crippen LogP contribution in [0.5, 0.6) is 17.2 Å². The molecule has 0 saturated heterocycles. The molecule has 0 fully saturated rings. The lowest BCUT2D eigenvalue weighted by Gasteiger charge is -2.24. The van der Waals surface area contributed by atoms with E-state index in [1.807, 2.05) is 0 Å². The lowest BCUT2D eigenvalue weighted by atomic mass is 10.1. The van der Waals surface area contributed by atoms with E-state index in [0.717, 1.165) is 0 Å².